The number of guanidine groups is 1. The lowest BCUT2D eigenvalue weighted by Gasteiger charge is -2.20. The topological polar surface area (TPSA) is 36.4 Å². The molecule has 3 nitrogen and oxygen atoms in total. The molecule has 0 radical (unpaired) electrons. The van der Waals surface area contributed by atoms with Crippen LogP contribution >= 0.6 is 0 Å². The number of hydrogen-bond donors (Lipinski definition) is 2. The van der Waals surface area contributed by atoms with Crippen molar-refractivity contribution >= 4 is 5.96 Å². The molecule has 28 heavy (non-hydrogen) atoms. The Morgan fingerprint density at radius 3 is 1.89 bits per heavy atom. The molecule has 1 saturated heterocycles. The summed E-state index contributed by atoms with van der Waals surface area (Å²) >= 11 is 0. The molecule has 1 fully saturated rings. The first-order chi connectivity index (χ1) is 13.6. The van der Waals surface area contributed by atoms with Gasteiger partial charge in [0.1, 0.15) is 11.6 Å². The summed E-state index contributed by atoms with van der Waals surface area (Å²) in [6, 6.07) is 20.3. The van der Waals surface area contributed by atoms with Crippen molar-refractivity contribution in [1.29, 1.82) is 0 Å². The maximum atomic E-state index is 14.5. The van der Waals surface area contributed by atoms with E-state index in [9.17, 15) is 8.78 Å². The van der Waals surface area contributed by atoms with E-state index in [0.717, 1.165) is 5.56 Å². The van der Waals surface area contributed by atoms with Crippen LogP contribution in [0.25, 0.3) is 0 Å². The summed E-state index contributed by atoms with van der Waals surface area (Å²) < 4.78 is 28.9. The Balaban J connectivity index is 1.66. The summed E-state index contributed by atoms with van der Waals surface area (Å²) in [4.78, 5) is 4.59. The van der Waals surface area contributed by atoms with Gasteiger partial charge in [0.15, 0.2) is 5.96 Å². The third kappa shape index (κ3) is 3.74. The fourth-order valence-electron chi connectivity index (χ4n) is 3.54. The van der Waals surface area contributed by atoms with Crippen LogP contribution in [0.3, 0.4) is 0 Å². The van der Waals surface area contributed by atoms with Crippen LogP contribution in [0.4, 0.5) is 8.78 Å². The van der Waals surface area contributed by atoms with Crippen LogP contribution in [0, 0.1) is 18.6 Å². The van der Waals surface area contributed by atoms with Gasteiger partial charge in [-0.2, -0.15) is 0 Å². The quantitative estimate of drug-likeness (QED) is 0.685. The molecular weight excluding hydrogens is 356 g/mol. The molecule has 0 spiro atoms. The summed E-state index contributed by atoms with van der Waals surface area (Å²) in [7, 11) is 0. The van der Waals surface area contributed by atoms with Gasteiger partial charge in [-0.25, -0.2) is 13.8 Å². The first-order valence-electron chi connectivity index (χ1n) is 9.24. The van der Waals surface area contributed by atoms with Crippen LogP contribution in [0.5, 0.6) is 0 Å². The smallest absolute Gasteiger partial charge is 0.192 e. The standard InChI is InChI=1S/C23H21F2N3/c1-15-7-6-8-16(13-15)14-26-23-27-21(17-9-2-4-11-19(17)24)22(28-23)18-10-3-5-12-20(18)25/h2-13,21-22H,14H2,1H3,(H2,26,27,28). The van der Waals surface area contributed by atoms with Gasteiger partial charge in [-0.1, -0.05) is 66.2 Å². The molecule has 4 rings (SSSR count). The number of halogens is 2. The number of benzene rings is 3. The Bertz CT molecular complexity index is 960. The Morgan fingerprint density at radius 2 is 1.36 bits per heavy atom. The zero-order valence-corrected chi connectivity index (χ0v) is 15.5. The summed E-state index contributed by atoms with van der Waals surface area (Å²) in [5.74, 6) is -0.130. The van der Waals surface area contributed by atoms with Gasteiger partial charge in [0, 0.05) is 11.1 Å². The number of hydrogen-bond acceptors (Lipinski definition) is 1. The largest absolute Gasteiger partial charge is 0.347 e. The number of aryl methyl sites for hydroxylation is 1. The van der Waals surface area contributed by atoms with Crippen molar-refractivity contribution < 1.29 is 8.78 Å². The molecule has 1 heterocycles. The fourth-order valence-corrected chi connectivity index (χ4v) is 3.54. The lowest BCUT2D eigenvalue weighted by atomic mass is 9.94. The molecule has 0 aromatic heterocycles. The lowest BCUT2D eigenvalue weighted by molar-refractivity contribution is 0.490. The Labute approximate surface area is 163 Å². The van der Waals surface area contributed by atoms with Crippen molar-refractivity contribution in [2.24, 2.45) is 4.99 Å². The molecule has 1 aliphatic rings. The summed E-state index contributed by atoms with van der Waals surface area (Å²) in [6.45, 7) is 2.51. The number of aliphatic imine (C=N–C) groups is 1. The molecule has 0 amide bonds. The first kappa shape index (κ1) is 18.2. The normalized spacial score (nSPS) is 18.5. The molecular formula is C23H21F2N3. The van der Waals surface area contributed by atoms with Crippen LogP contribution in [0.2, 0.25) is 0 Å². The van der Waals surface area contributed by atoms with E-state index in [0.29, 0.717) is 23.6 Å². The Kier molecular flexibility index (Phi) is 5.06. The van der Waals surface area contributed by atoms with Crippen molar-refractivity contribution in [3.05, 3.63) is 107 Å². The monoisotopic (exact) mass is 377 g/mol. The second-order valence-electron chi connectivity index (χ2n) is 6.94. The predicted octanol–water partition coefficient (Wildman–Crippen LogP) is 4.80. The van der Waals surface area contributed by atoms with E-state index < -0.39 is 12.1 Å². The highest BCUT2D eigenvalue weighted by molar-refractivity contribution is 5.83. The zero-order chi connectivity index (χ0) is 19.5. The van der Waals surface area contributed by atoms with Gasteiger partial charge >= 0.3 is 0 Å². The Morgan fingerprint density at radius 1 is 0.786 bits per heavy atom. The first-order valence-corrected chi connectivity index (χ1v) is 9.24. The minimum Gasteiger partial charge on any atom is -0.347 e. The van der Waals surface area contributed by atoms with Gasteiger partial charge in [0.2, 0.25) is 0 Å². The van der Waals surface area contributed by atoms with Crippen LogP contribution in [-0.4, -0.2) is 5.96 Å². The number of nitrogens with zero attached hydrogens (tertiary/aromatic N) is 1. The van der Waals surface area contributed by atoms with E-state index in [4.69, 9.17) is 0 Å². The zero-order valence-electron chi connectivity index (χ0n) is 15.5. The van der Waals surface area contributed by atoms with Gasteiger partial charge in [0.25, 0.3) is 0 Å². The van der Waals surface area contributed by atoms with Gasteiger partial charge in [0.05, 0.1) is 18.6 Å². The van der Waals surface area contributed by atoms with Crippen molar-refractivity contribution in [1.82, 2.24) is 10.6 Å². The minimum atomic E-state index is -0.464. The highest BCUT2D eigenvalue weighted by Crippen LogP contribution is 2.34. The molecule has 0 aliphatic carbocycles. The molecule has 2 atom stereocenters. The van der Waals surface area contributed by atoms with E-state index >= 15 is 0 Å². The second kappa shape index (κ2) is 7.80. The van der Waals surface area contributed by atoms with E-state index in [2.05, 4.69) is 21.7 Å². The molecule has 3 aromatic carbocycles. The molecule has 2 unspecified atom stereocenters. The van der Waals surface area contributed by atoms with E-state index in [1.165, 1.54) is 17.7 Å². The van der Waals surface area contributed by atoms with E-state index in [-0.39, 0.29) is 11.6 Å². The third-order valence-electron chi connectivity index (χ3n) is 4.90. The van der Waals surface area contributed by atoms with Gasteiger partial charge < -0.3 is 10.6 Å². The molecule has 142 valence electrons. The van der Waals surface area contributed by atoms with E-state index in [1.807, 2.05) is 25.1 Å². The van der Waals surface area contributed by atoms with Gasteiger partial charge in [-0.3, -0.25) is 0 Å². The Hall–Kier alpha value is -3.21. The summed E-state index contributed by atoms with van der Waals surface area (Å²) in [5.41, 5.74) is 3.19. The molecule has 1 aliphatic heterocycles. The second-order valence-corrected chi connectivity index (χ2v) is 6.94. The average molecular weight is 377 g/mol. The maximum Gasteiger partial charge on any atom is 0.192 e. The van der Waals surface area contributed by atoms with Crippen molar-refractivity contribution in [3.63, 3.8) is 0 Å². The van der Waals surface area contributed by atoms with Crippen molar-refractivity contribution in [2.75, 3.05) is 0 Å². The highest BCUT2D eigenvalue weighted by Gasteiger charge is 2.35. The average Bonchev–Trinajstić information content (AvgIpc) is 3.11. The van der Waals surface area contributed by atoms with Gasteiger partial charge in [-0.15, -0.1) is 0 Å². The van der Waals surface area contributed by atoms with Crippen LogP contribution in [0.1, 0.15) is 34.3 Å². The maximum absolute atomic E-state index is 14.5. The molecule has 2 N–H and O–H groups in total. The number of rotatable bonds is 4. The highest BCUT2D eigenvalue weighted by atomic mass is 19.1. The van der Waals surface area contributed by atoms with Crippen LogP contribution in [-0.2, 0) is 6.54 Å². The third-order valence-corrected chi connectivity index (χ3v) is 4.90. The minimum absolute atomic E-state index is 0.330. The van der Waals surface area contributed by atoms with Crippen molar-refractivity contribution in [3.8, 4) is 0 Å². The fraction of sp³-hybridized carbons (Fsp3) is 0.174. The molecule has 3 aromatic rings. The summed E-state index contributed by atoms with van der Waals surface area (Å²) in [6.07, 6.45) is 0. The van der Waals surface area contributed by atoms with Crippen LogP contribution in [0.15, 0.2) is 77.8 Å². The van der Waals surface area contributed by atoms with Crippen LogP contribution < -0.4 is 10.6 Å². The lowest BCUT2D eigenvalue weighted by Crippen LogP contribution is -2.25. The van der Waals surface area contributed by atoms with E-state index in [1.54, 1.807) is 36.4 Å². The predicted molar refractivity (Wildman–Crippen MR) is 107 cm³/mol. The molecule has 0 bridgehead atoms. The SMILES string of the molecule is Cc1cccc(CN=C2NC(c3ccccc3F)C(c3ccccc3F)N2)c1. The molecule has 0 saturated carbocycles. The van der Waals surface area contributed by atoms with Crippen molar-refractivity contribution in [2.45, 2.75) is 25.6 Å². The molecule has 5 heteroatoms. The number of nitrogens with one attached hydrogen (secondary N) is 2. The van der Waals surface area contributed by atoms with Gasteiger partial charge in [-0.05, 0) is 24.6 Å². The summed E-state index contributed by atoms with van der Waals surface area (Å²) in [5, 5.41) is 6.48.